The molecule has 0 aromatic heterocycles. The van der Waals surface area contributed by atoms with Gasteiger partial charge in [-0.15, -0.1) is 0 Å². The molecule has 0 radical (unpaired) electrons. The fourth-order valence-corrected chi connectivity index (χ4v) is 5.88. The van der Waals surface area contributed by atoms with E-state index in [9.17, 15) is 13.2 Å². The van der Waals surface area contributed by atoms with Crippen LogP contribution in [0.25, 0.3) is 0 Å². The number of nitrogens with one attached hydrogen (secondary N) is 1. The molecule has 0 saturated carbocycles. The molecule has 2 aliphatic heterocycles. The van der Waals surface area contributed by atoms with Gasteiger partial charge in [-0.25, -0.2) is 8.42 Å². The second kappa shape index (κ2) is 10.6. The third-order valence-corrected chi connectivity index (χ3v) is 8.20. The molecule has 0 unspecified atom stereocenters. The molecular weight excluding hydrogens is 458 g/mol. The summed E-state index contributed by atoms with van der Waals surface area (Å²) < 4.78 is 43.5. The Labute approximate surface area is 200 Å². The van der Waals surface area contributed by atoms with E-state index in [1.54, 1.807) is 13.2 Å². The number of hydrogen-bond acceptors (Lipinski definition) is 7. The number of piperidine rings is 1. The Morgan fingerprint density at radius 3 is 2.26 bits per heavy atom. The van der Waals surface area contributed by atoms with Crippen LogP contribution in [-0.4, -0.2) is 78.3 Å². The van der Waals surface area contributed by atoms with E-state index in [0.29, 0.717) is 18.8 Å². The van der Waals surface area contributed by atoms with Gasteiger partial charge in [0.1, 0.15) is 16.4 Å². The second-order valence-corrected chi connectivity index (χ2v) is 10.2. The van der Waals surface area contributed by atoms with Crippen molar-refractivity contribution in [3.8, 4) is 11.5 Å². The Morgan fingerprint density at radius 2 is 1.65 bits per heavy atom. The van der Waals surface area contributed by atoms with Crippen LogP contribution < -0.4 is 19.7 Å². The second-order valence-electron chi connectivity index (χ2n) is 8.31. The first-order chi connectivity index (χ1) is 16.4. The number of benzene rings is 2. The van der Waals surface area contributed by atoms with Crippen LogP contribution in [0.4, 0.5) is 5.69 Å². The van der Waals surface area contributed by atoms with Crippen LogP contribution in [0.5, 0.6) is 11.5 Å². The number of carbonyl (C=O) groups excluding carboxylic acids is 1. The van der Waals surface area contributed by atoms with Crippen molar-refractivity contribution >= 4 is 21.6 Å². The minimum absolute atomic E-state index is 0.00104. The number of amides is 1. The summed E-state index contributed by atoms with van der Waals surface area (Å²) >= 11 is 0. The maximum absolute atomic E-state index is 13.2. The summed E-state index contributed by atoms with van der Waals surface area (Å²) in [4.78, 5) is 15.3. The molecule has 2 fully saturated rings. The van der Waals surface area contributed by atoms with Crippen LogP contribution in [0, 0.1) is 0 Å². The minimum Gasteiger partial charge on any atom is -0.497 e. The number of rotatable bonds is 7. The number of hydrogen-bond donors (Lipinski definition) is 1. The van der Waals surface area contributed by atoms with Crippen molar-refractivity contribution in [3.05, 3.63) is 48.0 Å². The maximum atomic E-state index is 13.2. The summed E-state index contributed by atoms with van der Waals surface area (Å²) in [6.07, 6.45) is 1.60. The molecule has 0 aliphatic carbocycles. The number of sulfonamides is 1. The third-order valence-electron chi connectivity index (χ3n) is 6.28. The van der Waals surface area contributed by atoms with E-state index in [1.807, 2.05) is 24.3 Å². The highest BCUT2D eigenvalue weighted by Gasteiger charge is 2.30. The van der Waals surface area contributed by atoms with Crippen LogP contribution >= 0.6 is 0 Å². The average molecular weight is 490 g/mol. The molecule has 1 N–H and O–H groups in total. The molecule has 0 bridgehead atoms. The summed E-state index contributed by atoms with van der Waals surface area (Å²) in [7, 11) is -0.738. The summed E-state index contributed by atoms with van der Waals surface area (Å²) in [6.45, 7) is 2.87. The maximum Gasteiger partial charge on any atom is 0.251 e. The van der Waals surface area contributed by atoms with Gasteiger partial charge in [-0.3, -0.25) is 4.79 Å². The van der Waals surface area contributed by atoms with Crippen LogP contribution in [0.15, 0.2) is 47.4 Å². The lowest BCUT2D eigenvalue weighted by Gasteiger charge is -2.34. The van der Waals surface area contributed by atoms with Gasteiger partial charge in [0.15, 0.2) is 0 Å². The lowest BCUT2D eigenvalue weighted by atomic mass is 10.0. The summed E-state index contributed by atoms with van der Waals surface area (Å²) in [5.41, 5.74) is 1.42. The molecule has 2 aromatic rings. The normalized spacial score (nSPS) is 17.9. The zero-order chi connectivity index (χ0) is 24.1. The zero-order valence-corrected chi connectivity index (χ0v) is 20.3. The highest BCUT2D eigenvalue weighted by molar-refractivity contribution is 7.89. The average Bonchev–Trinajstić information content (AvgIpc) is 2.89. The van der Waals surface area contributed by atoms with Gasteiger partial charge >= 0.3 is 0 Å². The Hall–Kier alpha value is -2.82. The SMILES string of the molecule is COc1ccc(N2CCC(NC(=O)c3ccc(OC)c(S(=O)(=O)N4CCOCC4)c3)CC2)cc1. The van der Waals surface area contributed by atoms with E-state index < -0.39 is 10.0 Å². The molecule has 4 rings (SSSR count). The van der Waals surface area contributed by atoms with Crippen LogP contribution in [0.1, 0.15) is 23.2 Å². The van der Waals surface area contributed by atoms with Crippen molar-refractivity contribution in [3.63, 3.8) is 0 Å². The van der Waals surface area contributed by atoms with E-state index in [-0.39, 0.29) is 35.7 Å². The molecule has 184 valence electrons. The number of carbonyl (C=O) groups is 1. The van der Waals surface area contributed by atoms with E-state index in [4.69, 9.17) is 14.2 Å². The summed E-state index contributed by atoms with van der Waals surface area (Å²) in [6, 6.07) is 12.5. The van der Waals surface area contributed by atoms with Gasteiger partial charge < -0.3 is 24.4 Å². The van der Waals surface area contributed by atoms with Crippen LogP contribution in [-0.2, 0) is 14.8 Å². The monoisotopic (exact) mass is 489 g/mol. The molecule has 10 heteroatoms. The predicted molar refractivity (Wildman–Crippen MR) is 128 cm³/mol. The Morgan fingerprint density at radius 1 is 0.971 bits per heavy atom. The van der Waals surface area contributed by atoms with Gasteiger partial charge in [0.2, 0.25) is 10.0 Å². The molecule has 2 aromatic carbocycles. The fraction of sp³-hybridized carbons (Fsp3) is 0.458. The first-order valence-corrected chi connectivity index (χ1v) is 12.8. The topological polar surface area (TPSA) is 97.4 Å². The zero-order valence-electron chi connectivity index (χ0n) is 19.5. The predicted octanol–water partition coefficient (Wildman–Crippen LogP) is 2.12. The summed E-state index contributed by atoms with van der Waals surface area (Å²) in [5, 5.41) is 3.07. The smallest absolute Gasteiger partial charge is 0.251 e. The lowest BCUT2D eigenvalue weighted by molar-refractivity contribution is 0.0729. The Bertz CT molecular complexity index is 1090. The third kappa shape index (κ3) is 5.29. The molecule has 9 nitrogen and oxygen atoms in total. The Balaban J connectivity index is 1.42. The van der Waals surface area contributed by atoms with Crippen molar-refractivity contribution in [1.29, 1.82) is 0 Å². The van der Waals surface area contributed by atoms with E-state index in [0.717, 1.165) is 37.4 Å². The van der Waals surface area contributed by atoms with Crippen LogP contribution in [0.2, 0.25) is 0 Å². The standard InChI is InChI=1S/C24H31N3O6S/c1-31-21-6-4-20(5-7-21)26-11-9-19(10-12-26)25-24(28)18-3-8-22(32-2)23(17-18)34(29,30)27-13-15-33-16-14-27/h3-8,17,19H,9-16H2,1-2H3,(H,25,28). The first-order valence-electron chi connectivity index (χ1n) is 11.4. The van der Waals surface area contributed by atoms with E-state index >= 15 is 0 Å². The number of nitrogens with zero attached hydrogens (tertiary/aromatic N) is 2. The van der Waals surface area contributed by atoms with Gasteiger partial charge in [-0.1, -0.05) is 0 Å². The number of methoxy groups -OCH3 is 2. The van der Waals surface area contributed by atoms with Crippen molar-refractivity contribution in [2.45, 2.75) is 23.8 Å². The van der Waals surface area contributed by atoms with E-state index in [1.165, 1.54) is 23.5 Å². The molecular formula is C24H31N3O6S. The van der Waals surface area contributed by atoms with Gasteiger partial charge in [0, 0.05) is 43.5 Å². The minimum atomic E-state index is -3.80. The Kier molecular flexibility index (Phi) is 7.60. The van der Waals surface area contributed by atoms with Crippen molar-refractivity contribution in [1.82, 2.24) is 9.62 Å². The number of anilines is 1. The molecule has 34 heavy (non-hydrogen) atoms. The van der Waals surface area contributed by atoms with Crippen molar-refractivity contribution < 1.29 is 27.4 Å². The molecule has 2 heterocycles. The highest BCUT2D eigenvalue weighted by atomic mass is 32.2. The van der Waals surface area contributed by atoms with E-state index in [2.05, 4.69) is 10.2 Å². The fourth-order valence-electron chi connectivity index (χ4n) is 4.29. The molecule has 0 atom stereocenters. The first kappa shape index (κ1) is 24.3. The van der Waals surface area contributed by atoms with Gasteiger partial charge in [0.25, 0.3) is 5.91 Å². The number of morpholine rings is 1. The lowest BCUT2D eigenvalue weighted by Crippen LogP contribution is -2.44. The molecule has 2 aliphatic rings. The molecule has 1 amide bonds. The van der Waals surface area contributed by atoms with Crippen LogP contribution in [0.3, 0.4) is 0 Å². The van der Waals surface area contributed by atoms with Gasteiger partial charge in [0.05, 0.1) is 27.4 Å². The molecule has 0 spiro atoms. The van der Waals surface area contributed by atoms with Crippen molar-refractivity contribution in [2.75, 3.05) is 58.5 Å². The van der Waals surface area contributed by atoms with Gasteiger partial charge in [-0.05, 0) is 55.3 Å². The number of ether oxygens (including phenoxy) is 3. The molecule has 2 saturated heterocycles. The largest absolute Gasteiger partial charge is 0.497 e. The summed E-state index contributed by atoms with van der Waals surface area (Å²) in [5.74, 6) is 0.750. The van der Waals surface area contributed by atoms with Crippen molar-refractivity contribution in [2.24, 2.45) is 0 Å². The van der Waals surface area contributed by atoms with Gasteiger partial charge in [-0.2, -0.15) is 4.31 Å². The quantitative estimate of drug-likeness (QED) is 0.636. The highest BCUT2D eigenvalue weighted by Crippen LogP contribution is 2.29.